The van der Waals surface area contributed by atoms with Crippen molar-refractivity contribution in [3.8, 4) is 0 Å². The number of pyridine rings is 1. The van der Waals surface area contributed by atoms with Gasteiger partial charge in [-0.05, 0) is 28.1 Å². The van der Waals surface area contributed by atoms with Gasteiger partial charge < -0.3 is 10.0 Å². The number of amides is 1. The lowest BCUT2D eigenvalue weighted by molar-refractivity contribution is -0.149. The average molecular weight is 341 g/mol. The second-order valence-electron chi connectivity index (χ2n) is 3.52. The smallest absolute Gasteiger partial charge is 0.406 e. The Morgan fingerprint density at radius 3 is 2.47 bits per heavy atom. The molecular weight excluding hydrogens is 333 g/mol. The van der Waals surface area contributed by atoms with Gasteiger partial charge in [-0.2, -0.15) is 13.2 Å². The van der Waals surface area contributed by atoms with Crippen LogP contribution in [0.3, 0.4) is 0 Å². The summed E-state index contributed by atoms with van der Waals surface area (Å²) in [6, 6.07) is 4.11. The van der Waals surface area contributed by atoms with E-state index in [9.17, 15) is 22.8 Å². The maximum absolute atomic E-state index is 12.3. The number of carbonyl (C=O) groups excluding carboxylic acids is 1. The first-order valence-electron chi connectivity index (χ1n) is 4.89. The number of hydrogen-bond acceptors (Lipinski definition) is 3. The van der Waals surface area contributed by atoms with Crippen molar-refractivity contribution in [2.24, 2.45) is 0 Å². The minimum atomic E-state index is -4.68. The molecule has 0 saturated carbocycles. The number of carbonyl (C=O) groups is 2. The first-order valence-corrected chi connectivity index (χ1v) is 5.69. The highest BCUT2D eigenvalue weighted by Crippen LogP contribution is 2.18. The summed E-state index contributed by atoms with van der Waals surface area (Å²) in [5, 5.41) is 8.54. The molecule has 0 aliphatic rings. The number of rotatable bonds is 4. The molecule has 0 bridgehead atoms. The maximum Gasteiger partial charge on any atom is 0.406 e. The molecule has 5 nitrogen and oxygen atoms in total. The lowest BCUT2D eigenvalue weighted by atomic mass is 10.3. The molecule has 19 heavy (non-hydrogen) atoms. The van der Waals surface area contributed by atoms with Gasteiger partial charge in [-0.25, -0.2) is 4.98 Å². The molecule has 0 radical (unpaired) electrons. The molecule has 9 heteroatoms. The van der Waals surface area contributed by atoms with Crippen LogP contribution >= 0.6 is 15.9 Å². The first-order chi connectivity index (χ1) is 8.69. The van der Waals surface area contributed by atoms with Crippen LogP contribution in [0.1, 0.15) is 10.5 Å². The molecule has 0 saturated heterocycles. The third kappa shape index (κ3) is 5.25. The van der Waals surface area contributed by atoms with Crippen LogP contribution in [-0.4, -0.2) is 46.1 Å². The van der Waals surface area contributed by atoms with Crippen molar-refractivity contribution in [3.63, 3.8) is 0 Å². The average Bonchev–Trinajstić information content (AvgIpc) is 2.24. The number of hydrogen-bond donors (Lipinski definition) is 1. The largest absolute Gasteiger partial charge is 0.480 e. The van der Waals surface area contributed by atoms with E-state index in [-0.39, 0.29) is 15.2 Å². The molecule has 0 fully saturated rings. The topological polar surface area (TPSA) is 70.5 Å². The molecule has 104 valence electrons. The monoisotopic (exact) mass is 340 g/mol. The lowest BCUT2D eigenvalue weighted by Crippen LogP contribution is -2.42. The summed E-state index contributed by atoms with van der Waals surface area (Å²) in [6.45, 7) is -2.70. The quantitative estimate of drug-likeness (QED) is 0.850. The van der Waals surface area contributed by atoms with E-state index in [1.54, 1.807) is 0 Å². The Hall–Kier alpha value is -1.64. The molecule has 0 unspecified atom stereocenters. The summed E-state index contributed by atoms with van der Waals surface area (Å²) >= 11 is 2.97. The van der Waals surface area contributed by atoms with E-state index < -0.39 is 31.1 Å². The van der Waals surface area contributed by atoms with Gasteiger partial charge in [0, 0.05) is 0 Å². The Labute approximate surface area is 114 Å². The fraction of sp³-hybridized carbons (Fsp3) is 0.300. The molecule has 1 amide bonds. The van der Waals surface area contributed by atoms with E-state index in [0.29, 0.717) is 0 Å². The molecular formula is C10H8BrF3N2O3. The second kappa shape index (κ2) is 6.00. The molecule has 1 aromatic rings. The number of nitrogens with zero attached hydrogens (tertiary/aromatic N) is 2. The fourth-order valence-corrected chi connectivity index (χ4v) is 1.61. The molecule has 1 rings (SSSR count). The number of aliphatic carboxylic acids is 1. The number of aromatic nitrogens is 1. The zero-order chi connectivity index (χ0) is 14.6. The third-order valence-corrected chi connectivity index (χ3v) is 2.36. The Kier molecular flexibility index (Phi) is 4.87. The number of carboxylic acid groups (broad SMARTS) is 1. The SMILES string of the molecule is O=C(O)CN(CC(F)(F)F)C(=O)c1cccc(Br)n1. The van der Waals surface area contributed by atoms with Crippen molar-refractivity contribution in [3.05, 3.63) is 28.5 Å². The van der Waals surface area contributed by atoms with E-state index in [1.807, 2.05) is 0 Å². The Morgan fingerprint density at radius 2 is 2.00 bits per heavy atom. The van der Waals surface area contributed by atoms with Crippen LogP contribution in [0, 0.1) is 0 Å². The third-order valence-electron chi connectivity index (χ3n) is 1.92. The van der Waals surface area contributed by atoms with Gasteiger partial charge >= 0.3 is 12.1 Å². The van der Waals surface area contributed by atoms with Crippen molar-refractivity contribution in [2.75, 3.05) is 13.1 Å². The van der Waals surface area contributed by atoms with Crippen molar-refractivity contribution in [1.82, 2.24) is 9.88 Å². The van der Waals surface area contributed by atoms with E-state index in [2.05, 4.69) is 20.9 Å². The summed E-state index contributed by atoms with van der Waals surface area (Å²) in [7, 11) is 0. The van der Waals surface area contributed by atoms with Gasteiger partial charge in [-0.1, -0.05) is 6.07 Å². The van der Waals surface area contributed by atoms with Gasteiger partial charge in [0.2, 0.25) is 0 Å². The van der Waals surface area contributed by atoms with E-state index in [0.717, 1.165) is 0 Å². The van der Waals surface area contributed by atoms with Gasteiger partial charge in [0.15, 0.2) is 0 Å². The number of carboxylic acids is 1. The Balaban J connectivity index is 2.97. The minimum absolute atomic E-state index is 0.178. The summed E-state index contributed by atoms with van der Waals surface area (Å²) in [6.07, 6.45) is -4.68. The molecule has 1 aromatic heterocycles. The molecule has 0 atom stereocenters. The van der Waals surface area contributed by atoms with Crippen LogP contribution in [-0.2, 0) is 4.79 Å². The van der Waals surface area contributed by atoms with Gasteiger partial charge in [0.05, 0.1) is 0 Å². The Bertz CT molecular complexity index is 493. The van der Waals surface area contributed by atoms with Crippen LogP contribution in [0.2, 0.25) is 0 Å². The van der Waals surface area contributed by atoms with Gasteiger partial charge in [0.25, 0.3) is 5.91 Å². The highest BCUT2D eigenvalue weighted by atomic mass is 79.9. The molecule has 1 N–H and O–H groups in total. The molecule has 0 aliphatic heterocycles. The van der Waals surface area contributed by atoms with Gasteiger partial charge in [-0.3, -0.25) is 9.59 Å². The summed E-state index contributed by atoms with van der Waals surface area (Å²) in [5.74, 6) is -2.63. The normalized spacial score (nSPS) is 11.2. The first kappa shape index (κ1) is 15.4. The van der Waals surface area contributed by atoms with E-state index in [4.69, 9.17) is 5.11 Å². The number of halogens is 4. The van der Waals surface area contributed by atoms with Crippen LogP contribution < -0.4 is 0 Å². The predicted molar refractivity (Wildman–Crippen MR) is 61.5 cm³/mol. The minimum Gasteiger partial charge on any atom is -0.480 e. The Morgan fingerprint density at radius 1 is 1.37 bits per heavy atom. The van der Waals surface area contributed by atoms with Crippen molar-refractivity contribution < 1.29 is 27.9 Å². The standard InChI is InChI=1S/C10H8BrF3N2O3/c11-7-3-1-2-6(15-7)9(19)16(4-8(17)18)5-10(12,13)14/h1-3H,4-5H2,(H,17,18). The second-order valence-corrected chi connectivity index (χ2v) is 4.33. The maximum atomic E-state index is 12.3. The van der Waals surface area contributed by atoms with Crippen LogP contribution in [0.15, 0.2) is 22.8 Å². The molecule has 0 spiro atoms. The highest BCUT2D eigenvalue weighted by molar-refractivity contribution is 9.10. The lowest BCUT2D eigenvalue weighted by Gasteiger charge is -2.21. The highest BCUT2D eigenvalue weighted by Gasteiger charge is 2.34. The fourth-order valence-electron chi connectivity index (χ4n) is 1.27. The van der Waals surface area contributed by atoms with Gasteiger partial charge in [-0.15, -0.1) is 0 Å². The van der Waals surface area contributed by atoms with E-state index >= 15 is 0 Å². The van der Waals surface area contributed by atoms with Crippen molar-refractivity contribution in [1.29, 1.82) is 0 Å². The summed E-state index contributed by atoms with van der Waals surface area (Å²) in [4.78, 5) is 26.2. The van der Waals surface area contributed by atoms with Crippen LogP contribution in [0.4, 0.5) is 13.2 Å². The van der Waals surface area contributed by atoms with Crippen molar-refractivity contribution >= 4 is 27.8 Å². The van der Waals surface area contributed by atoms with Crippen LogP contribution in [0.25, 0.3) is 0 Å². The zero-order valence-electron chi connectivity index (χ0n) is 9.32. The van der Waals surface area contributed by atoms with Gasteiger partial charge in [0.1, 0.15) is 23.4 Å². The molecule has 0 aliphatic carbocycles. The zero-order valence-corrected chi connectivity index (χ0v) is 10.9. The van der Waals surface area contributed by atoms with E-state index in [1.165, 1.54) is 18.2 Å². The van der Waals surface area contributed by atoms with Crippen LogP contribution in [0.5, 0.6) is 0 Å². The van der Waals surface area contributed by atoms with Crippen molar-refractivity contribution in [2.45, 2.75) is 6.18 Å². The molecule has 0 aromatic carbocycles. The predicted octanol–water partition coefficient (Wildman–Crippen LogP) is 1.93. The summed E-state index contributed by atoms with van der Waals surface area (Å²) in [5.41, 5.74) is -0.264. The summed E-state index contributed by atoms with van der Waals surface area (Å²) < 4.78 is 37.1. The molecule has 1 heterocycles. The number of alkyl halides is 3.